The zero-order valence-electron chi connectivity index (χ0n) is 12.8. The van der Waals surface area contributed by atoms with E-state index in [2.05, 4.69) is 24.5 Å². The molecule has 7 heteroatoms. The van der Waals surface area contributed by atoms with E-state index in [0.717, 1.165) is 6.42 Å². The number of hydrogen-bond acceptors (Lipinski definition) is 3. The monoisotopic (exact) mass is 362 g/mol. The first kappa shape index (κ1) is 19.1. The Labute approximate surface area is 145 Å². The van der Waals surface area contributed by atoms with Crippen LogP contribution in [0.5, 0.6) is 0 Å². The number of hydrogen-bond donors (Lipinski definition) is 2. The number of amides is 2. The second kappa shape index (κ2) is 9.28. The zero-order chi connectivity index (χ0) is 16.7. The number of nitrogens with one attached hydrogen (secondary N) is 2. The molecule has 4 nitrogen and oxygen atoms in total. The molecule has 0 aromatic heterocycles. The first-order chi connectivity index (χ1) is 10.3. The molecule has 0 saturated heterocycles. The summed E-state index contributed by atoms with van der Waals surface area (Å²) in [6, 6.07) is 4.62. The second-order valence-electron chi connectivity index (χ2n) is 5.23. The van der Waals surface area contributed by atoms with E-state index in [1.807, 2.05) is 6.26 Å². The summed E-state index contributed by atoms with van der Waals surface area (Å²) >= 11 is 13.4. The van der Waals surface area contributed by atoms with E-state index >= 15 is 0 Å². The van der Waals surface area contributed by atoms with Crippen LogP contribution in [0.15, 0.2) is 18.2 Å². The minimum atomic E-state index is -0.424. The molecule has 0 heterocycles. The van der Waals surface area contributed by atoms with E-state index < -0.39 is 5.91 Å². The maximum atomic E-state index is 12.0. The van der Waals surface area contributed by atoms with Gasteiger partial charge in [-0.25, -0.2) is 0 Å². The highest BCUT2D eigenvalue weighted by Crippen LogP contribution is 2.20. The minimum absolute atomic E-state index is 0.0409. The molecule has 0 bridgehead atoms. The van der Waals surface area contributed by atoms with Gasteiger partial charge in [0.1, 0.15) is 0 Å². The van der Waals surface area contributed by atoms with Gasteiger partial charge in [0.15, 0.2) is 0 Å². The molecule has 1 aromatic rings. The lowest BCUT2D eigenvalue weighted by Crippen LogP contribution is -2.41. The van der Waals surface area contributed by atoms with Crippen molar-refractivity contribution in [1.29, 1.82) is 0 Å². The minimum Gasteiger partial charge on any atom is -0.343 e. The molecule has 1 rings (SSSR count). The van der Waals surface area contributed by atoms with Crippen molar-refractivity contribution >= 4 is 46.8 Å². The van der Waals surface area contributed by atoms with Crippen molar-refractivity contribution in [3.05, 3.63) is 33.8 Å². The van der Waals surface area contributed by atoms with Gasteiger partial charge in [-0.1, -0.05) is 37.0 Å². The van der Waals surface area contributed by atoms with E-state index in [1.165, 1.54) is 6.07 Å². The van der Waals surface area contributed by atoms with Crippen LogP contribution in [0, 0.1) is 5.92 Å². The van der Waals surface area contributed by atoms with Gasteiger partial charge in [0.25, 0.3) is 5.91 Å². The smallest absolute Gasteiger partial charge is 0.253 e. The van der Waals surface area contributed by atoms with Crippen LogP contribution in [0.4, 0.5) is 0 Å². The average molecular weight is 363 g/mol. The number of halogens is 2. The summed E-state index contributed by atoms with van der Waals surface area (Å²) in [6.07, 6.45) is 2.82. The first-order valence-corrected chi connectivity index (χ1v) is 8.93. The molecule has 0 aliphatic heterocycles. The van der Waals surface area contributed by atoms with Gasteiger partial charge in [-0.2, -0.15) is 0 Å². The largest absolute Gasteiger partial charge is 0.343 e. The van der Waals surface area contributed by atoms with Crippen LogP contribution in [0.25, 0.3) is 0 Å². The Morgan fingerprint density at radius 3 is 2.55 bits per heavy atom. The molecule has 0 aliphatic carbocycles. The molecule has 122 valence electrons. The molecule has 0 fully saturated rings. The van der Waals surface area contributed by atoms with E-state index in [4.69, 9.17) is 23.2 Å². The predicted molar refractivity (Wildman–Crippen MR) is 93.7 cm³/mol. The molecule has 0 aliphatic rings. The molecule has 2 amide bonds. The van der Waals surface area contributed by atoms with Gasteiger partial charge in [0, 0.05) is 5.02 Å². The Morgan fingerprint density at radius 1 is 1.27 bits per heavy atom. The van der Waals surface area contributed by atoms with Crippen molar-refractivity contribution in [3.8, 4) is 0 Å². The van der Waals surface area contributed by atoms with Crippen molar-refractivity contribution in [1.82, 2.24) is 10.6 Å². The maximum Gasteiger partial charge on any atom is 0.253 e. The van der Waals surface area contributed by atoms with Crippen LogP contribution in [-0.2, 0) is 4.79 Å². The molecule has 0 unspecified atom stereocenters. The summed E-state index contributed by atoms with van der Waals surface area (Å²) in [7, 11) is 0. The van der Waals surface area contributed by atoms with Crippen LogP contribution in [0.3, 0.4) is 0 Å². The number of carbonyl (C=O) groups excluding carboxylic acids is 2. The first-order valence-electron chi connectivity index (χ1n) is 6.89. The molecule has 2 N–H and O–H groups in total. The predicted octanol–water partition coefficient (Wildman–Crippen LogP) is 3.57. The molecule has 0 radical (unpaired) electrons. The van der Waals surface area contributed by atoms with Crippen LogP contribution >= 0.6 is 35.0 Å². The lowest BCUT2D eigenvalue weighted by Gasteiger charge is -2.18. The third-order valence-corrected chi connectivity index (χ3v) is 4.32. The van der Waals surface area contributed by atoms with Crippen LogP contribution in [-0.4, -0.2) is 30.0 Å². The van der Waals surface area contributed by atoms with Gasteiger partial charge in [-0.05, 0) is 36.8 Å². The van der Waals surface area contributed by atoms with Crippen molar-refractivity contribution < 1.29 is 9.59 Å². The summed E-state index contributed by atoms with van der Waals surface area (Å²) < 4.78 is 0. The summed E-state index contributed by atoms with van der Waals surface area (Å²) in [5, 5.41) is 6.18. The Bertz CT molecular complexity index is 538. The average Bonchev–Trinajstić information content (AvgIpc) is 2.46. The van der Waals surface area contributed by atoms with E-state index in [0.29, 0.717) is 16.0 Å². The van der Waals surface area contributed by atoms with Crippen LogP contribution in [0.1, 0.15) is 30.6 Å². The number of benzene rings is 1. The molecule has 1 atom stereocenters. The van der Waals surface area contributed by atoms with Crippen molar-refractivity contribution in [2.24, 2.45) is 5.92 Å². The fourth-order valence-electron chi connectivity index (χ4n) is 1.80. The number of thioether (sulfide) groups is 1. The molecule has 22 heavy (non-hydrogen) atoms. The van der Waals surface area contributed by atoms with E-state index in [1.54, 1.807) is 23.9 Å². The lowest BCUT2D eigenvalue weighted by atomic mass is 10.1. The van der Waals surface area contributed by atoms with Gasteiger partial charge < -0.3 is 10.6 Å². The highest BCUT2D eigenvalue weighted by atomic mass is 35.5. The van der Waals surface area contributed by atoms with Crippen molar-refractivity contribution in [2.75, 3.05) is 12.8 Å². The van der Waals surface area contributed by atoms with Gasteiger partial charge in [-0.15, -0.1) is 11.8 Å². The summed E-state index contributed by atoms with van der Waals surface area (Å²) in [5.74, 6) is -0.170. The summed E-state index contributed by atoms with van der Waals surface area (Å²) in [5.41, 5.74) is 0.255. The summed E-state index contributed by atoms with van der Waals surface area (Å²) in [6.45, 7) is 4.09. The van der Waals surface area contributed by atoms with Crippen LogP contribution < -0.4 is 10.6 Å². The fraction of sp³-hybridized carbons (Fsp3) is 0.467. The van der Waals surface area contributed by atoms with E-state index in [-0.39, 0.29) is 23.4 Å². The fourth-order valence-corrected chi connectivity index (χ4v) is 3.00. The lowest BCUT2D eigenvalue weighted by molar-refractivity contribution is -0.120. The Kier molecular flexibility index (Phi) is 8.07. The zero-order valence-corrected chi connectivity index (χ0v) is 15.1. The highest BCUT2D eigenvalue weighted by Gasteiger charge is 2.15. The SMILES string of the molecule is CS[C@H](CC(C)C)NC(=O)CNC(=O)c1cc(Cl)ccc1Cl. The van der Waals surface area contributed by atoms with E-state index in [9.17, 15) is 9.59 Å². The van der Waals surface area contributed by atoms with Crippen LogP contribution in [0.2, 0.25) is 10.0 Å². The Balaban J connectivity index is 2.53. The quantitative estimate of drug-likeness (QED) is 0.728. The third kappa shape index (κ3) is 6.46. The standard InChI is InChI=1S/C15H20Cl2N2O2S/c1-9(2)6-14(22-3)19-13(20)8-18-15(21)11-7-10(16)4-5-12(11)17/h4-5,7,9,14H,6,8H2,1-3H3,(H,18,21)(H,19,20)/t14-/m1/s1. The second-order valence-corrected chi connectivity index (χ2v) is 7.11. The molecular formula is C15H20Cl2N2O2S. The summed E-state index contributed by atoms with van der Waals surface area (Å²) in [4.78, 5) is 23.9. The topological polar surface area (TPSA) is 58.2 Å². The normalized spacial score (nSPS) is 12.1. The molecule has 0 spiro atoms. The number of carbonyl (C=O) groups is 2. The van der Waals surface area contributed by atoms with Gasteiger partial charge in [0.05, 0.1) is 22.5 Å². The maximum absolute atomic E-state index is 12.0. The third-order valence-electron chi connectivity index (χ3n) is 2.87. The van der Waals surface area contributed by atoms with Gasteiger partial charge in [0.2, 0.25) is 5.91 Å². The molecule has 1 aromatic carbocycles. The van der Waals surface area contributed by atoms with Crippen molar-refractivity contribution in [2.45, 2.75) is 25.6 Å². The van der Waals surface area contributed by atoms with Gasteiger partial charge in [-0.3, -0.25) is 9.59 Å². The molecular weight excluding hydrogens is 343 g/mol. The van der Waals surface area contributed by atoms with Gasteiger partial charge >= 0.3 is 0 Å². The highest BCUT2D eigenvalue weighted by molar-refractivity contribution is 7.99. The number of rotatable bonds is 7. The van der Waals surface area contributed by atoms with Crippen molar-refractivity contribution in [3.63, 3.8) is 0 Å². The Morgan fingerprint density at radius 2 is 1.95 bits per heavy atom. The Hall–Kier alpha value is -0.910. The molecule has 0 saturated carbocycles.